The summed E-state index contributed by atoms with van der Waals surface area (Å²) < 4.78 is 7.19. The van der Waals surface area contributed by atoms with E-state index in [1.54, 1.807) is 19.5 Å². The molecule has 33 heavy (non-hydrogen) atoms. The van der Waals surface area contributed by atoms with Crippen molar-refractivity contribution in [2.24, 2.45) is 13.0 Å². The van der Waals surface area contributed by atoms with E-state index in [0.29, 0.717) is 30.7 Å². The Hall–Kier alpha value is -3.80. The van der Waals surface area contributed by atoms with E-state index in [1.165, 1.54) is 0 Å². The van der Waals surface area contributed by atoms with E-state index >= 15 is 0 Å². The SMILES string of the molecule is COc1cccc2[nH]c(C(=O)N[C@@H](CC(C)C)C(=O)N[C@H](C#N)CCc3cn(C)cn3)cc12. The molecule has 9 heteroatoms. The Morgan fingerprint density at radius 2 is 2.09 bits per heavy atom. The highest BCUT2D eigenvalue weighted by Crippen LogP contribution is 2.26. The fourth-order valence-corrected chi connectivity index (χ4v) is 3.70. The lowest BCUT2D eigenvalue weighted by atomic mass is 10.0. The Labute approximate surface area is 193 Å². The van der Waals surface area contributed by atoms with E-state index in [2.05, 4.69) is 26.7 Å². The van der Waals surface area contributed by atoms with Gasteiger partial charge in [-0.2, -0.15) is 5.26 Å². The number of imidazole rings is 1. The molecule has 2 heterocycles. The number of fused-ring (bicyclic) bond motifs is 1. The molecule has 0 saturated carbocycles. The molecule has 0 aliphatic heterocycles. The summed E-state index contributed by atoms with van der Waals surface area (Å²) in [6.45, 7) is 3.95. The molecule has 0 unspecified atom stereocenters. The van der Waals surface area contributed by atoms with Gasteiger partial charge in [-0.25, -0.2) is 4.98 Å². The zero-order valence-electron chi connectivity index (χ0n) is 19.4. The maximum atomic E-state index is 13.0. The van der Waals surface area contributed by atoms with Crippen LogP contribution in [0.25, 0.3) is 10.9 Å². The third-order valence-electron chi connectivity index (χ3n) is 5.34. The Balaban J connectivity index is 1.68. The first-order valence-corrected chi connectivity index (χ1v) is 10.9. The van der Waals surface area contributed by atoms with E-state index in [9.17, 15) is 14.9 Å². The summed E-state index contributed by atoms with van der Waals surface area (Å²) in [6, 6.07) is 7.90. The Morgan fingerprint density at radius 1 is 1.30 bits per heavy atom. The summed E-state index contributed by atoms with van der Waals surface area (Å²) in [4.78, 5) is 33.2. The van der Waals surface area contributed by atoms with Gasteiger partial charge in [0.25, 0.3) is 5.91 Å². The van der Waals surface area contributed by atoms with Crippen LogP contribution >= 0.6 is 0 Å². The quantitative estimate of drug-likeness (QED) is 0.438. The van der Waals surface area contributed by atoms with Crippen molar-refractivity contribution in [3.63, 3.8) is 0 Å². The lowest BCUT2D eigenvalue weighted by molar-refractivity contribution is -0.123. The minimum atomic E-state index is -0.767. The lowest BCUT2D eigenvalue weighted by Gasteiger charge is -2.21. The number of H-pyrrole nitrogens is 1. The van der Waals surface area contributed by atoms with Crippen molar-refractivity contribution in [1.82, 2.24) is 25.2 Å². The average Bonchev–Trinajstić information content (AvgIpc) is 3.41. The molecule has 3 N–H and O–H groups in total. The van der Waals surface area contributed by atoms with Crippen LogP contribution in [0.1, 0.15) is 42.9 Å². The van der Waals surface area contributed by atoms with Gasteiger partial charge in [-0.15, -0.1) is 0 Å². The molecule has 174 valence electrons. The van der Waals surface area contributed by atoms with Crippen molar-refractivity contribution < 1.29 is 14.3 Å². The molecule has 1 aromatic carbocycles. The highest BCUT2D eigenvalue weighted by Gasteiger charge is 2.25. The number of ether oxygens (including phenoxy) is 1. The van der Waals surface area contributed by atoms with Crippen LogP contribution in [-0.2, 0) is 18.3 Å². The number of aryl methyl sites for hydroxylation is 2. The van der Waals surface area contributed by atoms with Crippen molar-refractivity contribution in [3.8, 4) is 11.8 Å². The van der Waals surface area contributed by atoms with Crippen molar-refractivity contribution in [1.29, 1.82) is 5.26 Å². The molecule has 0 aliphatic rings. The van der Waals surface area contributed by atoms with Crippen LogP contribution in [0.5, 0.6) is 5.75 Å². The number of methoxy groups -OCH3 is 1. The monoisotopic (exact) mass is 450 g/mol. The second kappa shape index (κ2) is 10.7. The smallest absolute Gasteiger partial charge is 0.268 e. The number of hydrogen-bond acceptors (Lipinski definition) is 5. The van der Waals surface area contributed by atoms with Gasteiger partial charge in [0.2, 0.25) is 5.91 Å². The minimum absolute atomic E-state index is 0.165. The van der Waals surface area contributed by atoms with Crippen LogP contribution in [-0.4, -0.2) is 45.5 Å². The fourth-order valence-electron chi connectivity index (χ4n) is 3.70. The van der Waals surface area contributed by atoms with Gasteiger partial charge in [0.1, 0.15) is 23.5 Å². The number of carbonyl (C=O) groups excluding carboxylic acids is 2. The number of hydrogen-bond donors (Lipinski definition) is 3. The van der Waals surface area contributed by atoms with Crippen molar-refractivity contribution >= 4 is 22.7 Å². The predicted molar refractivity (Wildman–Crippen MR) is 125 cm³/mol. The number of nitrogens with zero attached hydrogens (tertiary/aromatic N) is 3. The summed E-state index contributed by atoms with van der Waals surface area (Å²) in [5.41, 5.74) is 1.96. The van der Waals surface area contributed by atoms with Crippen LogP contribution in [0.15, 0.2) is 36.8 Å². The molecule has 0 bridgehead atoms. The van der Waals surface area contributed by atoms with E-state index in [0.717, 1.165) is 16.6 Å². The van der Waals surface area contributed by atoms with Gasteiger partial charge in [-0.3, -0.25) is 9.59 Å². The van der Waals surface area contributed by atoms with Gasteiger partial charge < -0.3 is 24.9 Å². The largest absolute Gasteiger partial charge is 0.496 e. The second-order valence-corrected chi connectivity index (χ2v) is 8.52. The first kappa shape index (κ1) is 23.9. The third kappa shape index (κ3) is 6.13. The first-order valence-electron chi connectivity index (χ1n) is 10.9. The number of nitriles is 1. The van der Waals surface area contributed by atoms with Crippen LogP contribution in [0.3, 0.4) is 0 Å². The second-order valence-electron chi connectivity index (χ2n) is 8.52. The highest BCUT2D eigenvalue weighted by atomic mass is 16.5. The van der Waals surface area contributed by atoms with Gasteiger partial charge in [-0.05, 0) is 43.4 Å². The van der Waals surface area contributed by atoms with Crippen LogP contribution in [0, 0.1) is 17.2 Å². The summed E-state index contributed by atoms with van der Waals surface area (Å²) >= 11 is 0. The number of carbonyl (C=O) groups is 2. The molecule has 0 aliphatic carbocycles. The third-order valence-corrected chi connectivity index (χ3v) is 5.34. The fraction of sp³-hybridized carbons (Fsp3) is 0.417. The van der Waals surface area contributed by atoms with Crippen molar-refractivity contribution in [2.75, 3.05) is 7.11 Å². The summed E-state index contributed by atoms with van der Waals surface area (Å²) in [5, 5.41) is 15.9. The normalized spacial score (nSPS) is 12.8. The lowest BCUT2D eigenvalue weighted by Crippen LogP contribution is -2.50. The van der Waals surface area contributed by atoms with E-state index < -0.39 is 18.0 Å². The molecule has 2 atom stereocenters. The standard InChI is InChI=1S/C24H30N6O3/c1-15(2)10-20(23(31)27-16(12-25)8-9-17-13-30(3)14-26-17)29-24(32)21-11-18-19(28-21)6-5-7-22(18)33-4/h5-7,11,13-16,20,28H,8-10H2,1-4H3,(H,27,31)(H,29,32)/t16-,20-/m0/s1. The first-order chi connectivity index (χ1) is 15.8. The van der Waals surface area contributed by atoms with Crippen molar-refractivity contribution in [2.45, 2.75) is 45.2 Å². The van der Waals surface area contributed by atoms with Crippen LogP contribution in [0.4, 0.5) is 0 Å². The minimum Gasteiger partial charge on any atom is -0.496 e. The summed E-state index contributed by atoms with van der Waals surface area (Å²) in [7, 11) is 3.45. The molecular formula is C24H30N6O3. The molecular weight excluding hydrogens is 420 g/mol. The molecule has 0 saturated heterocycles. The Morgan fingerprint density at radius 3 is 2.73 bits per heavy atom. The van der Waals surface area contributed by atoms with E-state index in [1.807, 2.05) is 49.9 Å². The molecule has 2 aromatic heterocycles. The number of aromatic amines is 1. The maximum Gasteiger partial charge on any atom is 0.268 e. The molecule has 0 spiro atoms. The van der Waals surface area contributed by atoms with Gasteiger partial charge >= 0.3 is 0 Å². The average molecular weight is 451 g/mol. The van der Waals surface area contributed by atoms with Gasteiger partial charge in [0, 0.05) is 24.1 Å². The number of nitrogens with one attached hydrogen (secondary N) is 3. The Kier molecular flexibility index (Phi) is 7.72. The molecule has 3 aromatic rings. The van der Waals surface area contributed by atoms with Gasteiger partial charge in [0.05, 0.1) is 25.2 Å². The molecule has 3 rings (SSSR count). The van der Waals surface area contributed by atoms with E-state index in [-0.39, 0.29) is 11.8 Å². The van der Waals surface area contributed by atoms with Gasteiger partial charge in [0.15, 0.2) is 0 Å². The zero-order valence-corrected chi connectivity index (χ0v) is 19.4. The van der Waals surface area contributed by atoms with Crippen LogP contribution in [0.2, 0.25) is 0 Å². The maximum absolute atomic E-state index is 13.0. The molecule has 9 nitrogen and oxygen atoms in total. The summed E-state index contributed by atoms with van der Waals surface area (Å²) in [6.07, 6.45) is 5.02. The number of amides is 2. The number of aromatic nitrogens is 3. The van der Waals surface area contributed by atoms with Gasteiger partial charge in [-0.1, -0.05) is 19.9 Å². The zero-order chi connectivity index (χ0) is 24.0. The number of benzene rings is 1. The van der Waals surface area contributed by atoms with E-state index in [4.69, 9.17) is 4.74 Å². The topological polar surface area (TPSA) is 125 Å². The molecule has 0 radical (unpaired) electrons. The predicted octanol–water partition coefficient (Wildman–Crippen LogP) is 2.70. The summed E-state index contributed by atoms with van der Waals surface area (Å²) in [5.74, 6) is 0.0521. The molecule has 2 amide bonds. The van der Waals surface area contributed by atoms with Crippen molar-refractivity contribution in [3.05, 3.63) is 48.2 Å². The molecule has 0 fully saturated rings. The number of rotatable bonds is 10. The van der Waals surface area contributed by atoms with Crippen LogP contribution < -0.4 is 15.4 Å². The highest BCUT2D eigenvalue weighted by molar-refractivity contribution is 6.01. The Bertz CT molecular complexity index is 1160.